The summed E-state index contributed by atoms with van der Waals surface area (Å²) in [5, 5.41) is 0. The van der Waals surface area contributed by atoms with Gasteiger partial charge in [-0.2, -0.15) is 0 Å². The topological polar surface area (TPSA) is 17.8 Å². The van der Waals surface area contributed by atoms with Gasteiger partial charge in [-0.3, -0.25) is 0 Å². The van der Waals surface area contributed by atoms with Crippen LogP contribution < -0.4 is 0 Å². The number of aryl methyl sites for hydroxylation is 1. The second kappa shape index (κ2) is 5.85. The summed E-state index contributed by atoms with van der Waals surface area (Å²) in [5.41, 5.74) is 1.58. The zero-order valence-electron chi connectivity index (χ0n) is 11.5. The first kappa shape index (κ1) is 15.2. The Hall–Kier alpha value is -0.660. The Kier molecular flexibility index (Phi) is 4.25. The van der Waals surface area contributed by atoms with E-state index in [1.165, 1.54) is 9.75 Å². The van der Waals surface area contributed by atoms with E-state index < -0.39 is 0 Å². The molecule has 6 heteroatoms. The van der Waals surface area contributed by atoms with Gasteiger partial charge in [0, 0.05) is 15.8 Å². The quantitative estimate of drug-likeness (QED) is 0.393. The monoisotopic (exact) mass is 434 g/mol. The highest BCUT2D eigenvalue weighted by Gasteiger charge is 2.19. The Morgan fingerprint density at radius 3 is 2.81 bits per heavy atom. The predicted molar refractivity (Wildman–Crippen MR) is 94.8 cm³/mol. The van der Waals surface area contributed by atoms with Crippen LogP contribution in [0.2, 0.25) is 0 Å². The number of alkyl halides is 1. The molecule has 1 unspecified atom stereocenters. The maximum absolute atomic E-state index is 13.9. The number of aromatic nitrogens is 2. The zero-order chi connectivity index (χ0) is 15.1. The van der Waals surface area contributed by atoms with Gasteiger partial charge in [-0.15, -0.1) is 22.9 Å². The molecule has 110 valence electrons. The third-order valence-corrected chi connectivity index (χ3v) is 5.72. The summed E-state index contributed by atoms with van der Waals surface area (Å²) in [5.74, 6) is 0.855. The first-order valence-electron chi connectivity index (χ1n) is 6.49. The van der Waals surface area contributed by atoms with Crippen molar-refractivity contribution in [3.63, 3.8) is 0 Å². The van der Waals surface area contributed by atoms with E-state index >= 15 is 0 Å². The Morgan fingerprint density at radius 1 is 1.43 bits per heavy atom. The third-order valence-electron chi connectivity index (χ3n) is 3.48. The van der Waals surface area contributed by atoms with Gasteiger partial charge in [0.2, 0.25) is 0 Å². The zero-order valence-corrected chi connectivity index (χ0v) is 15.3. The molecule has 1 atom stereocenters. The number of halogens is 3. The van der Waals surface area contributed by atoms with E-state index in [0.29, 0.717) is 9.45 Å². The smallest absolute Gasteiger partial charge is 0.138 e. The van der Waals surface area contributed by atoms with E-state index in [-0.39, 0.29) is 11.9 Å². The van der Waals surface area contributed by atoms with Gasteiger partial charge in [-0.1, -0.05) is 0 Å². The number of imidazole rings is 1. The standard InChI is InChI=1S/C15H13ClFIN2S/c1-8-3-4-14(21-8)9(2)20-13-5-10(17)11(18)6-12(13)19-15(20)7-16/h3-6,9H,7H2,1-2H3. The Balaban J connectivity index is 2.22. The summed E-state index contributed by atoms with van der Waals surface area (Å²) in [4.78, 5) is 7.03. The highest BCUT2D eigenvalue weighted by Crippen LogP contribution is 2.32. The highest BCUT2D eigenvalue weighted by atomic mass is 127. The largest absolute Gasteiger partial charge is 0.319 e. The van der Waals surface area contributed by atoms with Crippen molar-refractivity contribution in [3.8, 4) is 0 Å². The summed E-state index contributed by atoms with van der Waals surface area (Å²) in [7, 11) is 0. The second-order valence-electron chi connectivity index (χ2n) is 4.91. The Labute approximate surface area is 145 Å². The molecule has 0 saturated carbocycles. The Bertz CT molecular complexity index is 811. The molecule has 0 radical (unpaired) electrons. The van der Waals surface area contributed by atoms with Gasteiger partial charge in [0.05, 0.1) is 26.5 Å². The average Bonchev–Trinajstić information content (AvgIpc) is 3.02. The number of nitrogens with zero attached hydrogens (tertiary/aromatic N) is 2. The molecular formula is C15H13ClFIN2S. The molecule has 2 nitrogen and oxygen atoms in total. The Morgan fingerprint density at radius 2 is 2.19 bits per heavy atom. The second-order valence-corrected chi connectivity index (χ2v) is 7.66. The minimum Gasteiger partial charge on any atom is -0.319 e. The normalized spacial score (nSPS) is 13.0. The summed E-state index contributed by atoms with van der Waals surface area (Å²) in [6, 6.07) is 7.61. The summed E-state index contributed by atoms with van der Waals surface area (Å²) in [6.45, 7) is 4.18. The molecule has 0 aliphatic rings. The van der Waals surface area contributed by atoms with Gasteiger partial charge < -0.3 is 4.57 Å². The number of thiophene rings is 1. The van der Waals surface area contributed by atoms with Crippen LogP contribution in [0.5, 0.6) is 0 Å². The molecule has 1 aromatic carbocycles. The lowest BCUT2D eigenvalue weighted by molar-refractivity contribution is 0.615. The van der Waals surface area contributed by atoms with Crippen molar-refractivity contribution in [2.45, 2.75) is 25.8 Å². The van der Waals surface area contributed by atoms with Crippen LogP contribution >= 0.6 is 45.5 Å². The van der Waals surface area contributed by atoms with Crippen molar-refractivity contribution in [1.82, 2.24) is 9.55 Å². The van der Waals surface area contributed by atoms with Crippen LogP contribution in [0.15, 0.2) is 24.3 Å². The van der Waals surface area contributed by atoms with Gasteiger partial charge >= 0.3 is 0 Å². The van der Waals surface area contributed by atoms with Gasteiger partial charge in [0.15, 0.2) is 0 Å². The fourth-order valence-corrected chi connectivity index (χ4v) is 4.03. The summed E-state index contributed by atoms with van der Waals surface area (Å²) < 4.78 is 16.5. The molecule has 2 heterocycles. The predicted octanol–water partition coefficient (Wildman–Crippen LogP) is 5.50. The van der Waals surface area contributed by atoms with Crippen LogP contribution in [0.1, 0.15) is 28.5 Å². The van der Waals surface area contributed by atoms with Crippen LogP contribution in [0, 0.1) is 16.3 Å². The maximum atomic E-state index is 13.9. The molecule has 3 rings (SSSR count). The molecule has 0 aliphatic heterocycles. The van der Waals surface area contributed by atoms with Gasteiger partial charge in [-0.05, 0) is 54.6 Å². The van der Waals surface area contributed by atoms with E-state index in [9.17, 15) is 4.39 Å². The molecule has 0 bridgehead atoms. The molecule has 0 spiro atoms. The molecule has 0 aliphatic carbocycles. The molecule has 3 aromatic rings. The third kappa shape index (κ3) is 2.71. The number of benzene rings is 1. The van der Waals surface area contributed by atoms with Crippen LogP contribution in [0.4, 0.5) is 4.39 Å². The molecule has 21 heavy (non-hydrogen) atoms. The lowest BCUT2D eigenvalue weighted by atomic mass is 10.2. The van der Waals surface area contributed by atoms with E-state index in [0.717, 1.165) is 16.9 Å². The molecule has 0 fully saturated rings. The SMILES string of the molecule is Cc1ccc(C(C)n2c(CCl)nc3cc(I)c(F)cc32)s1. The molecule has 0 N–H and O–H groups in total. The van der Waals surface area contributed by atoms with Gasteiger partial charge in [0.25, 0.3) is 0 Å². The summed E-state index contributed by atoms with van der Waals surface area (Å²) in [6.07, 6.45) is 0. The highest BCUT2D eigenvalue weighted by molar-refractivity contribution is 14.1. The van der Waals surface area contributed by atoms with Crippen LogP contribution in [0.25, 0.3) is 11.0 Å². The lowest BCUT2D eigenvalue weighted by Crippen LogP contribution is -2.08. The van der Waals surface area contributed by atoms with Crippen molar-refractivity contribution in [1.29, 1.82) is 0 Å². The molecular weight excluding hydrogens is 422 g/mol. The number of rotatable bonds is 3. The van der Waals surface area contributed by atoms with Gasteiger partial charge in [0.1, 0.15) is 11.6 Å². The van der Waals surface area contributed by atoms with Crippen LogP contribution in [0.3, 0.4) is 0 Å². The first-order valence-corrected chi connectivity index (χ1v) is 8.92. The number of hydrogen-bond acceptors (Lipinski definition) is 2. The van der Waals surface area contributed by atoms with Crippen molar-refractivity contribution >= 4 is 56.6 Å². The minimum absolute atomic E-state index is 0.0851. The molecule has 2 aromatic heterocycles. The van der Waals surface area contributed by atoms with E-state index in [1.54, 1.807) is 23.5 Å². The number of fused-ring (bicyclic) bond motifs is 1. The van der Waals surface area contributed by atoms with Crippen LogP contribution in [-0.2, 0) is 5.88 Å². The van der Waals surface area contributed by atoms with Crippen molar-refractivity contribution in [2.24, 2.45) is 0 Å². The molecule has 0 saturated heterocycles. The maximum Gasteiger partial charge on any atom is 0.138 e. The van der Waals surface area contributed by atoms with Gasteiger partial charge in [-0.25, -0.2) is 9.37 Å². The van der Waals surface area contributed by atoms with Crippen molar-refractivity contribution < 1.29 is 4.39 Å². The van der Waals surface area contributed by atoms with E-state index in [1.807, 2.05) is 27.2 Å². The minimum atomic E-state index is -0.222. The van der Waals surface area contributed by atoms with E-state index in [4.69, 9.17) is 11.6 Å². The fraction of sp³-hybridized carbons (Fsp3) is 0.267. The van der Waals surface area contributed by atoms with Crippen molar-refractivity contribution in [2.75, 3.05) is 0 Å². The first-order chi connectivity index (χ1) is 10.0. The van der Waals surface area contributed by atoms with Crippen LogP contribution in [-0.4, -0.2) is 9.55 Å². The molecule has 0 amide bonds. The lowest BCUT2D eigenvalue weighted by Gasteiger charge is -2.15. The van der Waals surface area contributed by atoms with Crippen molar-refractivity contribution in [3.05, 3.63) is 49.2 Å². The number of hydrogen-bond donors (Lipinski definition) is 0. The van der Waals surface area contributed by atoms with E-state index in [2.05, 4.69) is 31.0 Å². The average molecular weight is 435 g/mol. The summed E-state index contributed by atoms with van der Waals surface area (Å²) >= 11 is 9.77. The fourth-order valence-electron chi connectivity index (χ4n) is 2.47.